The van der Waals surface area contributed by atoms with E-state index in [0.29, 0.717) is 0 Å². The molecule has 0 radical (unpaired) electrons. The fourth-order valence-electron chi connectivity index (χ4n) is 2.84. The summed E-state index contributed by atoms with van der Waals surface area (Å²) in [4.78, 5) is 0. The van der Waals surface area contributed by atoms with Crippen molar-refractivity contribution < 1.29 is 0 Å². The summed E-state index contributed by atoms with van der Waals surface area (Å²) in [5, 5.41) is 5.57. The average Bonchev–Trinajstić information content (AvgIpc) is 3.09. The fourth-order valence-corrected chi connectivity index (χ4v) is 2.97. The van der Waals surface area contributed by atoms with Crippen molar-refractivity contribution in [3.05, 3.63) is 95.5 Å². The zero-order valence-electron chi connectivity index (χ0n) is 13.9. The van der Waals surface area contributed by atoms with Crippen molar-refractivity contribution in [3.8, 4) is 28.2 Å². The van der Waals surface area contributed by atoms with E-state index in [2.05, 4.69) is 49.4 Å². The first-order valence-electron chi connectivity index (χ1n) is 8.19. The molecular formula is C22H17ClN2. The van der Waals surface area contributed by atoms with Gasteiger partial charge in [-0.1, -0.05) is 71.8 Å². The highest BCUT2D eigenvalue weighted by Crippen LogP contribution is 2.29. The molecule has 0 fully saturated rings. The van der Waals surface area contributed by atoms with Gasteiger partial charge in [-0.3, -0.25) is 0 Å². The molecule has 0 bridgehead atoms. The molecule has 0 spiro atoms. The van der Waals surface area contributed by atoms with Gasteiger partial charge in [0.2, 0.25) is 0 Å². The Morgan fingerprint density at radius 3 is 2.12 bits per heavy atom. The van der Waals surface area contributed by atoms with Crippen LogP contribution in [0.15, 0.2) is 84.9 Å². The molecule has 0 aliphatic carbocycles. The molecule has 3 heteroatoms. The summed E-state index contributed by atoms with van der Waals surface area (Å²) < 4.78 is 1.98. The first kappa shape index (κ1) is 15.7. The van der Waals surface area contributed by atoms with Crippen LogP contribution < -0.4 is 0 Å². The highest BCUT2D eigenvalue weighted by atomic mass is 35.5. The molecule has 25 heavy (non-hydrogen) atoms. The summed E-state index contributed by atoms with van der Waals surface area (Å²) in [5.41, 5.74) is 6.47. The largest absolute Gasteiger partial charge is 0.232 e. The Morgan fingerprint density at radius 2 is 1.44 bits per heavy atom. The molecular weight excluding hydrogens is 328 g/mol. The van der Waals surface area contributed by atoms with Crippen molar-refractivity contribution in [2.24, 2.45) is 0 Å². The quantitative estimate of drug-likeness (QED) is 0.434. The Labute approximate surface area is 152 Å². The number of hydrogen-bond acceptors (Lipinski definition) is 1. The van der Waals surface area contributed by atoms with Gasteiger partial charge in [0, 0.05) is 16.1 Å². The minimum absolute atomic E-state index is 0.719. The van der Waals surface area contributed by atoms with Crippen molar-refractivity contribution in [1.82, 2.24) is 9.78 Å². The first-order valence-corrected chi connectivity index (χ1v) is 8.57. The summed E-state index contributed by atoms with van der Waals surface area (Å²) in [5.74, 6) is 0. The molecule has 0 amide bonds. The lowest BCUT2D eigenvalue weighted by Crippen LogP contribution is -1.99. The maximum atomic E-state index is 6.04. The molecule has 0 atom stereocenters. The van der Waals surface area contributed by atoms with Crippen molar-refractivity contribution in [1.29, 1.82) is 0 Å². The molecule has 1 heterocycles. The van der Waals surface area contributed by atoms with Crippen LogP contribution in [-0.4, -0.2) is 9.78 Å². The number of halogens is 1. The van der Waals surface area contributed by atoms with E-state index < -0.39 is 0 Å². The summed E-state index contributed by atoms with van der Waals surface area (Å²) in [7, 11) is 0. The van der Waals surface area contributed by atoms with Crippen molar-refractivity contribution in [2.75, 3.05) is 0 Å². The number of benzene rings is 3. The number of rotatable bonds is 3. The van der Waals surface area contributed by atoms with E-state index in [-0.39, 0.29) is 0 Å². The highest BCUT2D eigenvalue weighted by Gasteiger charge is 2.13. The minimum Gasteiger partial charge on any atom is -0.232 e. The normalized spacial score (nSPS) is 10.8. The van der Waals surface area contributed by atoms with E-state index in [0.717, 1.165) is 33.2 Å². The number of hydrogen-bond donors (Lipinski definition) is 0. The maximum Gasteiger partial charge on any atom is 0.0934 e. The Bertz CT molecular complexity index is 922. The lowest BCUT2D eigenvalue weighted by Gasteiger charge is -2.08. The standard InChI is InChI=1S/C22H17ClN2/c1-16-7-9-18(10-8-16)22-15-21(17-5-3-2-4-6-17)24-25(22)20-13-11-19(23)12-14-20/h2-15H,1H3. The molecule has 0 saturated heterocycles. The molecule has 0 N–H and O–H groups in total. The van der Waals surface area contributed by atoms with E-state index in [4.69, 9.17) is 16.7 Å². The average molecular weight is 345 g/mol. The van der Waals surface area contributed by atoms with Gasteiger partial charge in [-0.15, -0.1) is 0 Å². The zero-order chi connectivity index (χ0) is 17.2. The predicted octanol–water partition coefficient (Wildman–Crippen LogP) is 6.17. The van der Waals surface area contributed by atoms with Crippen molar-refractivity contribution in [2.45, 2.75) is 6.92 Å². The van der Waals surface area contributed by atoms with E-state index in [1.54, 1.807) is 0 Å². The van der Waals surface area contributed by atoms with Gasteiger partial charge in [0.05, 0.1) is 17.1 Å². The molecule has 3 aromatic carbocycles. The van der Waals surface area contributed by atoms with Crippen molar-refractivity contribution >= 4 is 11.6 Å². The van der Waals surface area contributed by atoms with Crippen LogP contribution in [0.3, 0.4) is 0 Å². The Morgan fingerprint density at radius 1 is 0.760 bits per heavy atom. The highest BCUT2D eigenvalue weighted by molar-refractivity contribution is 6.30. The van der Waals surface area contributed by atoms with Gasteiger partial charge in [-0.05, 0) is 37.3 Å². The maximum absolute atomic E-state index is 6.04. The number of aryl methyl sites for hydroxylation is 1. The summed E-state index contributed by atoms with van der Waals surface area (Å²) in [6, 6.07) is 28.6. The summed E-state index contributed by atoms with van der Waals surface area (Å²) in [6.07, 6.45) is 0. The molecule has 4 rings (SSSR count). The number of nitrogens with zero attached hydrogens (tertiary/aromatic N) is 2. The van der Waals surface area contributed by atoms with E-state index in [1.165, 1.54) is 5.56 Å². The summed E-state index contributed by atoms with van der Waals surface area (Å²) in [6.45, 7) is 2.09. The first-order chi connectivity index (χ1) is 12.2. The molecule has 2 nitrogen and oxygen atoms in total. The van der Waals surface area contributed by atoms with Gasteiger partial charge in [-0.25, -0.2) is 4.68 Å². The minimum atomic E-state index is 0.719. The van der Waals surface area contributed by atoms with Crippen LogP contribution in [-0.2, 0) is 0 Å². The van der Waals surface area contributed by atoms with Crippen LogP contribution in [0.25, 0.3) is 28.2 Å². The Balaban J connectivity index is 1.89. The van der Waals surface area contributed by atoms with Gasteiger partial charge in [0.1, 0.15) is 0 Å². The van der Waals surface area contributed by atoms with Crippen LogP contribution in [0.4, 0.5) is 0 Å². The fraction of sp³-hybridized carbons (Fsp3) is 0.0455. The smallest absolute Gasteiger partial charge is 0.0934 e. The third-order valence-electron chi connectivity index (χ3n) is 4.20. The topological polar surface area (TPSA) is 17.8 Å². The van der Waals surface area contributed by atoms with Gasteiger partial charge >= 0.3 is 0 Å². The van der Waals surface area contributed by atoms with Gasteiger partial charge < -0.3 is 0 Å². The van der Waals surface area contributed by atoms with Gasteiger partial charge in [0.15, 0.2) is 0 Å². The SMILES string of the molecule is Cc1ccc(-c2cc(-c3ccccc3)nn2-c2ccc(Cl)cc2)cc1. The van der Waals surface area contributed by atoms with Crippen LogP contribution in [0.1, 0.15) is 5.56 Å². The second-order valence-electron chi connectivity index (χ2n) is 6.04. The molecule has 0 unspecified atom stereocenters. The van der Waals surface area contributed by atoms with Gasteiger partial charge in [-0.2, -0.15) is 5.10 Å². The predicted molar refractivity (Wildman–Crippen MR) is 104 cm³/mol. The monoisotopic (exact) mass is 344 g/mol. The van der Waals surface area contributed by atoms with Crippen LogP contribution in [0.2, 0.25) is 5.02 Å². The molecule has 0 aliphatic heterocycles. The second-order valence-corrected chi connectivity index (χ2v) is 6.47. The van der Waals surface area contributed by atoms with Gasteiger partial charge in [0.25, 0.3) is 0 Å². The Hall–Kier alpha value is -2.84. The molecule has 0 saturated carbocycles. The third kappa shape index (κ3) is 3.21. The van der Waals surface area contributed by atoms with Crippen LogP contribution >= 0.6 is 11.6 Å². The second kappa shape index (κ2) is 6.58. The number of aromatic nitrogens is 2. The summed E-state index contributed by atoms with van der Waals surface area (Å²) >= 11 is 6.04. The molecule has 122 valence electrons. The molecule has 4 aromatic rings. The third-order valence-corrected chi connectivity index (χ3v) is 4.45. The lowest BCUT2D eigenvalue weighted by molar-refractivity contribution is 0.892. The van der Waals surface area contributed by atoms with E-state index >= 15 is 0 Å². The van der Waals surface area contributed by atoms with E-state index in [9.17, 15) is 0 Å². The zero-order valence-corrected chi connectivity index (χ0v) is 14.6. The van der Waals surface area contributed by atoms with E-state index in [1.807, 2.05) is 47.1 Å². The van der Waals surface area contributed by atoms with Crippen molar-refractivity contribution in [3.63, 3.8) is 0 Å². The molecule has 1 aromatic heterocycles. The lowest BCUT2D eigenvalue weighted by atomic mass is 10.1. The Kier molecular flexibility index (Phi) is 4.12. The van der Waals surface area contributed by atoms with Crippen LogP contribution in [0, 0.1) is 6.92 Å². The molecule has 0 aliphatic rings. The van der Waals surface area contributed by atoms with Crippen LogP contribution in [0.5, 0.6) is 0 Å².